The average Bonchev–Trinajstić information content (AvgIpc) is 2.57. The van der Waals surface area contributed by atoms with Gasteiger partial charge in [-0.2, -0.15) is 13.2 Å². The first-order chi connectivity index (χ1) is 11.8. The van der Waals surface area contributed by atoms with Crippen LogP contribution in [0, 0.1) is 0 Å². The first kappa shape index (κ1) is 18.7. The van der Waals surface area contributed by atoms with Gasteiger partial charge in [-0.15, -0.1) is 0 Å². The van der Waals surface area contributed by atoms with Crippen molar-refractivity contribution in [2.24, 2.45) is 0 Å². The fourth-order valence-electron chi connectivity index (χ4n) is 4.22. The topological polar surface area (TPSA) is 18.5 Å². The van der Waals surface area contributed by atoms with Gasteiger partial charge in [-0.05, 0) is 58.0 Å². The minimum absolute atomic E-state index is 0.0401. The maximum Gasteiger partial charge on any atom is 0.416 e. The number of alkyl halides is 3. The smallest absolute Gasteiger partial charge is 0.315 e. The fourth-order valence-corrected chi connectivity index (χ4v) is 4.22. The van der Waals surface area contributed by atoms with Gasteiger partial charge in [0.1, 0.15) is 0 Å². The molecule has 1 atom stereocenters. The highest BCUT2D eigenvalue weighted by Crippen LogP contribution is 2.33. The number of nitrogens with one attached hydrogen (secondary N) is 1. The number of hydrogen-bond acceptors (Lipinski definition) is 3. The van der Waals surface area contributed by atoms with E-state index in [2.05, 4.69) is 29.2 Å². The predicted molar refractivity (Wildman–Crippen MR) is 93.6 cm³/mol. The van der Waals surface area contributed by atoms with Crippen LogP contribution in [0.5, 0.6) is 0 Å². The molecule has 0 bridgehead atoms. The minimum atomic E-state index is -4.27. The summed E-state index contributed by atoms with van der Waals surface area (Å²) in [5.74, 6) is 0. The number of halogens is 3. The van der Waals surface area contributed by atoms with Crippen molar-refractivity contribution < 1.29 is 13.2 Å². The minimum Gasteiger partial charge on any atom is -0.315 e. The molecule has 1 N–H and O–H groups in total. The van der Waals surface area contributed by atoms with Gasteiger partial charge in [0, 0.05) is 31.2 Å². The van der Waals surface area contributed by atoms with Crippen LogP contribution in [-0.4, -0.2) is 61.7 Å². The Bertz CT molecular complexity index is 576. The lowest BCUT2D eigenvalue weighted by atomic mass is 9.81. The molecule has 0 radical (unpaired) electrons. The number of rotatable bonds is 5. The van der Waals surface area contributed by atoms with Crippen LogP contribution in [0.15, 0.2) is 24.3 Å². The Morgan fingerprint density at radius 1 is 1.32 bits per heavy atom. The van der Waals surface area contributed by atoms with Gasteiger partial charge < -0.3 is 10.2 Å². The van der Waals surface area contributed by atoms with Gasteiger partial charge in [-0.3, -0.25) is 4.90 Å². The molecular weight excluding hydrogens is 327 g/mol. The molecule has 2 fully saturated rings. The van der Waals surface area contributed by atoms with E-state index in [0.29, 0.717) is 12.5 Å². The molecule has 2 heterocycles. The molecule has 3 nitrogen and oxygen atoms in total. The summed E-state index contributed by atoms with van der Waals surface area (Å²) in [6, 6.07) is 6.34. The molecule has 0 saturated carbocycles. The Morgan fingerprint density at radius 2 is 2.08 bits per heavy atom. The van der Waals surface area contributed by atoms with Gasteiger partial charge in [-0.25, -0.2) is 0 Å². The van der Waals surface area contributed by atoms with E-state index in [1.54, 1.807) is 0 Å². The second-order valence-corrected chi connectivity index (χ2v) is 7.69. The Labute approximate surface area is 148 Å². The lowest BCUT2D eigenvalue weighted by molar-refractivity contribution is -0.137. The number of hydrogen-bond donors (Lipinski definition) is 1. The summed E-state index contributed by atoms with van der Waals surface area (Å²) in [7, 11) is 4.32. The molecule has 0 aromatic heterocycles. The number of likely N-dealkylation sites (tertiary alicyclic amines) is 1. The van der Waals surface area contributed by atoms with E-state index in [1.807, 2.05) is 6.07 Å². The van der Waals surface area contributed by atoms with Crippen LogP contribution in [0.2, 0.25) is 0 Å². The van der Waals surface area contributed by atoms with Gasteiger partial charge in [0.25, 0.3) is 0 Å². The number of likely N-dealkylation sites (N-methyl/N-ethyl adjacent to an activating group) is 2. The normalized spacial score (nSPS) is 26.0. The third-order valence-corrected chi connectivity index (χ3v) is 5.92. The van der Waals surface area contributed by atoms with E-state index in [0.717, 1.165) is 57.1 Å². The summed E-state index contributed by atoms with van der Waals surface area (Å²) in [6.45, 7) is 4.09. The third-order valence-electron chi connectivity index (χ3n) is 5.92. The molecule has 1 aromatic rings. The van der Waals surface area contributed by atoms with Crippen LogP contribution < -0.4 is 5.32 Å². The third kappa shape index (κ3) is 4.18. The van der Waals surface area contributed by atoms with Gasteiger partial charge >= 0.3 is 6.18 Å². The number of benzene rings is 1. The highest BCUT2D eigenvalue weighted by molar-refractivity contribution is 5.26. The van der Waals surface area contributed by atoms with E-state index < -0.39 is 11.7 Å². The van der Waals surface area contributed by atoms with E-state index >= 15 is 0 Å². The molecule has 25 heavy (non-hydrogen) atoms. The summed E-state index contributed by atoms with van der Waals surface area (Å²) < 4.78 is 38.8. The quantitative estimate of drug-likeness (QED) is 0.876. The summed E-state index contributed by atoms with van der Waals surface area (Å²) in [4.78, 5) is 4.80. The molecule has 140 valence electrons. The number of nitrogens with zero attached hydrogens (tertiary/aromatic N) is 2. The van der Waals surface area contributed by atoms with Crippen molar-refractivity contribution >= 4 is 0 Å². The molecule has 0 unspecified atom stereocenters. The average molecular weight is 355 g/mol. The van der Waals surface area contributed by atoms with Crippen molar-refractivity contribution in [2.75, 3.05) is 40.3 Å². The highest BCUT2D eigenvalue weighted by atomic mass is 19.4. The van der Waals surface area contributed by atoms with Gasteiger partial charge in [-0.1, -0.05) is 18.2 Å². The Hall–Kier alpha value is -1.11. The first-order valence-electron chi connectivity index (χ1n) is 9.08. The second-order valence-electron chi connectivity index (χ2n) is 7.69. The molecule has 2 aliphatic rings. The largest absolute Gasteiger partial charge is 0.416 e. The van der Waals surface area contributed by atoms with Crippen molar-refractivity contribution in [2.45, 2.75) is 43.4 Å². The summed E-state index contributed by atoms with van der Waals surface area (Å²) >= 11 is 0. The Kier molecular flexibility index (Phi) is 5.42. The van der Waals surface area contributed by atoms with E-state index in [9.17, 15) is 13.2 Å². The fraction of sp³-hybridized carbons (Fsp3) is 0.684. The highest BCUT2D eigenvalue weighted by Gasteiger charge is 2.42. The van der Waals surface area contributed by atoms with Crippen molar-refractivity contribution in [3.63, 3.8) is 0 Å². The molecule has 2 aliphatic heterocycles. The van der Waals surface area contributed by atoms with Crippen LogP contribution in [0.1, 0.15) is 30.4 Å². The van der Waals surface area contributed by atoms with E-state index in [1.165, 1.54) is 12.1 Å². The van der Waals surface area contributed by atoms with Crippen LogP contribution in [0.25, 0.3) is 0 Å². The standard InChI is InChI=1S/C19H28F3N3/c1-24-12-17(13-24)25(2)18(8-4-10-23-14-18)9-7-15-5-3-6-16(11-15)19(20,21)22/h3,5-6,11,17,23H,4,7-10,12-14H2,1-2H3/t18-/m1/s1. The predicted octanol–water partition coefficient (Wildman–Crippen LogP) is 3.01. The van der Waals surface area contributed by atoms with E-state index in [-0.39, 0.29) is 5.54 Å². The maximum atomic E-state index is 12.9. The molecular formula is C19H28F3N3. The molecule has 6 heteroatoms. The summed E-state index contributed by atoms with van der Waals surface area (Å²) in [5, 5.41) is 3.51. The lowest BCUT2D eigenvalue weighted by Crippen LogP contribution is -2.66. The first-order valence-corrected chi connectivity index (χ1v) is 9.08. The van der Waals surface area contributed by atoms with Gasteiger partial charge in [0.05, 0.1) is 5.56 Å². The lowest BCUT2D eigenvalue weighted by Gasteiger charge is -2.53. The molecule has 2 saturated heterocycles. The van der Waals surface area contributed by atoms with Gasteiger partial charge in [0.15, 0.2) is 0 Å². The van der Waals surface area contributed by atoms with Crippen molar-refractivity contribution in [3.05, 3.63) is 35.4 Å². The Morgan fingerprint density at radius 3 is 2.68 bits per heavy atom. The van der Waals surface area contributed by atoms with Crippen LogP contribution >= 0.6 is 0 Å². The molecule has 0 spiro atoms. The zero-order valence-corrected chi connectivity index (χ0v) is 15.1. The monoisotopic (exact) mass is 355 g/mol. The molecule has 1 aromatic carbocycles. The SMILES string of the molecule is CN1CC(N(C)[C@@]2(CCc3cccc(C(F)(F)F)c3)CCCNC2)C1. The number of aryl methyl sites for hydroxylation is 1. The molecule has 3 rings (SSSR count). The zero-order valence-electron chi connectivity index (χ0n) is 15.1. The molecule has 0 aliphatic carbocycles. The van der Waals surface area contributed by atoms with Gasteiger partial charge in [0.2, 0.25) is 0 Å². The van der Waals surface area contributed by atoms with Crippen molar-refractivity contribution in [1.82, 2.24) is 15.1 Å². The number of piperidine rings is 1. The summed E-state index contributed by atoms with van der Waals surface area (Å²) in [5.41, 5.74) is 0.270. The maximum absolute atomic E-state index is 12.9. The zero-order chi connectivity index (χ0) is 18.1. The Balaban J connectivity index is 1.71. The molecule has 0 amide bonds. The summed E-state index contributed by atoms with van der Waals surface area (Å²) in [6.07, 6.45) is -0.477. The van der Waals surface area contributed by atoms with Crippen LogP contribution in [0.3, 0.4) is 0 Å². The van der Waals surface area contributed by atoms with Crippen molar-refractivity contribution in [1.29, 1.82) is 0 Å². The van der Waals surface area contributed by atoms with Crippen LogP contribution in [-0.2, 0) is 12.6 Å². The van der Waals surface area contributed by atoms with Crippen LogP contribution in [0.4, 0.5) is 13.2 Å². The van der Waals surface area contributed by atoms with E-state index in [4.69, 9.17) is 0 Å². The second kappa shape index (κ2) is 7.25. The van der Waals surface area contributed by atoms with Crippen molar-refractivity contribution in [3.8, 4) is 0 Å².